The molecule has 6 nitrogen and oxygen atoms in total. The van der Waals surface area contributed by atoms with E-state index in [2.05, 4.69) is 12.6 Å². The van der Waals surface area contributed by atoms with Crippen LogP contribution in [-0.4, -0.2) is 43.0 Å². The zero-order chi connectivity index (χ0) is 15.6. The summed E-state index contributed by atoms with van der Waals surface area (Å²) in [6.07, 6.45) is 0.435. The van der Waals surface area contributed by atoms with Gasteiger partial charge in [-0.05, 0) is 17.4 Å². The smallest absolute Gasteiger partial charge is 0.327 e. The molecular formula is C14H17NO5S. The Balaban J connectivity index is 2.49. The summed E-state index contributed by atoms with van der Waals surface area (Å²) < 4.78 is 10.4. The average Bonchev–Trinajstić information content (AvgIpc) is 2.84. The molecule has 7 heteroatoms. The van der Waals surface area contributed by atoms with Crippen LogP contribution in [0, 0.1) is 0 Å². The van der Waals surface area contributed by atoms with Gasteiger partial charge in [0.25, 0.3) is 0 Å². The van der Waals surface area contributed by atoms with Crippen LogP contribution in [0.25, 0.3) is 0 Å². The van der Waals surface area contributed by atoms with Gasteiger partial charge in [0.1, 0.15) is 6.04 Å². The lowest BCUT2D eigenvalue weighted by atomic mass is 10.1. The zero-order valence-electron chi connectivity index (χ0n) is 11.8. The highest BCUT2D eigenvalue weighted by Gasteiger charge is 2.38. The minimum atomic E-state index is -1.03. The Labute approximate surface area is 128 Å². The summed E-state index contributed by atoms with van der Waals surface area (Å²) in [5, 5.41) is 9.35. The molecule has 1 aromatic carbocycles. The number of amides is 1. The van der Waals surface area contributed by atoms with Crippen molar-refractivity contribution in [3.05, 3.63) is 17.7 Å². The molecule has 0 aliphatic carbocycles. The Morgan fingerprint density at radius 3 is 2.48 bits per heavy atom. The summed E-state index contributed by atoms with van der Waals surface area (Å²) in [5.74, 6) is 0.0551. The van der Waals surface area contributed by atoms with Crippen molar-refractivity contribution in [3.63, 3.8) is 0 Å². The first-order valence-electron chi connectivity index (χ1n) is 6.44. The van der Waals surface area contributed by atoms with Crippen LogP contribution >= 0.6 is 12.6 Å². The van der Waals surface area contributed by atoms with Crippen molar-refractivity contribution in [3.8, 4) is 11.5 Å². The van der Waals surface area contributed by atoms with E-state index < -0.39 is 12.0 Å². The first-order valence-corrected chi connectivity index (χ1v) is 7.07. The molecule has 1 aliphatic rings. The largest absolute Gasteiger partial charge is 0.493 e. The molecule has 2 rings (SSSR count). The van der Waals surface area contributed by atoms with Crippen LogP contribution in [0.15, 0.2) is 12.1 Å². The van der Waals surface area contributed by atoms with Crippen LogP contribution in [0.3, 0.4) is 0 Å². The molecular weight excluding hydrogens is 294 g/mol. The van der Waals surface area contributed by atoms with Crippen LogP contribution < -0.4 is 14.4 Å². The lowest BCUT2D eigenvalue weighted by Gasteiger charge is -2.23. The Morgan fingerprint density at radius 2 is 1.95 bits per heavy atom. The Morgan fingerprint density at radius 1 is 1.33 bits per heavy atom. The van der Waals surface area contributed by atoms with E-state index in [1.54, 1.807) is 12.1 Å². The quantitative estimate of drug-likeness (QED) is 0.803. The summed E-state index contributed by atoms with van der Waals surface area (Å²) in [7, 11) is 3.01. The van der Waals surface area contributed by atoms with Gasteiger partial charge in [-0.1, -0.05) is 0 Å². The van der Waals surface area contributed by atoms with Gasteiger partial charge in [-0.25, -0.2) is 4.79 Å². The van der Waals surface area contributed by atoms with Crippen LogP contribution in [0.4, 0.5) is 5.69 Å². The number of carboxylic acid groups (broad SMARTS) is 1. The molecule has 1 aromatic rings. The number of nitrogens with zero attached hydrogens (tertiary/aromatic N) is 1. The zero-order valence-corrected chi connectivity index (χ0v) is 12.7. The van der Waals surface area contributed by atoms with Crippen LogP contribution in [0.1, 0.15) is 12.0 Å². The van der Waals surface area contributed by atoms with Gasteiger partial charge in [-0.2, -0.15) is 12.6 Å². The molecule has 1 aliphatic heterocycles. The number of ether oxygens (including phenoxy) is 2. The third-order valence-electron chi connectivity index (χ3n) is 3.45. The lowest BCUT2D eigenvalue weighted by molar-refractivity contribution is -0.139. The monoisotopic (exact) mass is 311 g/mol. The third kappa shape index (κ3) is 2.78. The fourth-order valence-electron chi connectivity index (χ4n) is 2.49. The predicted octanol–water partition coefficient (Wildman–Crippen LogP) is 1.37. The van der Waals surface area contributed by atoms with E-state index in [0.29, 0.717) is 22.9 Å². The van der Waals surface area contributed by atoms with E-state index in [1.807, 2.05) is 0 Å². The Bertz CT molecular complexity index is 575. The number of benzene rings is 1. The number of methoxy groups -OCH3 is 2. The highest BCUT2D eigenvalue weighted by atomic mass is 32.1. The van der Waals surface area contributed by atoms with Crippen LogP contribution in [0.2, 0.25) is 0 Å². The molecule has 0 saturated heterocycles. The highest BCUT2D eigenvalue weighted by molar-refractivity contribution is 7.80. The number of hydrogen-bond donors (Lipinski definition) is 2. The summed E-state index contributed by atoms with van der Waals surface area (Å²) in [6.45, 7) is 0. The summed E-state index contributed by atoms with van der Waals surface area (Å²) >= 11 is 4.03. The topological polar surface area (TPSA) is 76.1 Å². The van der Waals surface area contributed by atoms with Gasteiger partial charge >= 0.3 is 5.97 Å². The molecule has 0 aromatic heterocycles. The summed E-state index contributed by atoms with van der Waals surface area (Å²) in [4.78, 5) is 25.0. The minimum absolute atomic E-state index is 0.181. The average molecular weight is 311 g/mol. The number of thiol groups is 1. The lowest BCUT2D eigenvalue weighted by Crippen LogP contribution is -2.42. The van der Waals surface area contributed by atoms with E-state index in [1.165, 1.54) is 19.1 Å². The standard InChI is InChI=1S/C14H17NO5S/c1-19-11-6-8-5-10(14(17)18)15(13(16)3-4-21)9(8)7-12(11)20-2/h6-7,10,21H,3-5H2,1-2H3,(H,17,18). The van der Waals surface area contributed by atoms with E-state index in [9.17, 15) is 14.7 Å². The minimum Gasteiger partial charge on any atom is -0.493 e. The number of rotatable bonds is 5. The van der Waals surface area contributed by atoms with Crippen molar-refractivity contribution in [2.75, 3.05) is 24.9 Å². The molecule has 0 spiro atoms. The maximum atomic E-state index is 12.2. The van der Waals surface area contributed by atoms with E-state index in [4.69, 9.17) is 9.47 Å². The molecule has 1 heterocycles. The molecule has 1 unspecified atom stereocenters. The molecule has 1 amide bonds. The van der Waals surface area contributed by atoms with Crippen LogP contribution in [0.5, 0.6) is 11.5 Å². The normalized spacial score (nSPS) is 16.5. The molecule has 21 heavy (non-hydrogen) atoms. The second-order valence-corrected chi connectivity index (χ2v) is 5.08. The van der Waals surface area contributed by atoms with Crippen molar-refractivity contribution in [2.45, 2.75) is 18.9 Å². The fourth-order valence-corrected chi connectivity index (χ4v) is 2.68. The van der Waals surface area contributed by atoms with Gasteiger partial charge in [-0.3, -0.25) is 9.69 Å². The first kappa shape index (κ1) is 15.5. The number of fused-ring (bicyclic) bond motifs is 1. The molecule has 0 radical (unpaired) electrons. The van der Waals surface area contributed by atoms with Crippen molar-refractivity contribution in [1.82, 2.24) is 0 Å². The SMILES string of the molecule is COc1cc2c(cc1OC)N(C(=O)CCS)C(C(=O)O)C2. The van der Waals surface area contributed by atoms with Gasteiger partial charge in [-0.15, -0.1) is 0 Å². The first-order chi connectivity index (χ1) is 10.0. The Kier molecular flexibility index (Phi) is 4.62. The van der Waals surface area contributed by atoms with Gasteiger partial charge in [0, 0.05) is 18.9 Å². The molecule has 0 bridgehead atoms. The number of carbonyl (C=O) groups excluding carboxylic acids is 1. The molecule has 1 N–H and O–H groups in total. The van der Waals surface area contributed by atoms with E-state index >= 15 is 0 Å². The van der Waals surface area contributed by atoms with Gasteiger partial charge in [0.15, 0.2) is 11.5 Å². The maximum absolute atomic E-state index is 12.2. The van der Waals surface area contributed by atoms with Gasteiger partial charge in [0.05, 0.1) is 19.9 Å². The van der Waals surface area contributed by atoms with E-state index in [0.717, 1.165) is 5.56 Å². The second-order valence-electron chi connectivity index (χ2n) is 4.63. The number of anilines is 1. The van der Waals surface area contributed by atoms with Crippen molar-refractivity contribution < 1.29 is 24.2 Å². The second kappa shape index (κ2) is 6.26. The highest BCUT2D eigenvalue weighted by Crippen LogP contribution is 2.41. The van der Waals surface area contributed by atoms with Crippen LogP contribution in [-0.2, 0) is 16.0 Å². The maximum Gasteiger partial charge on any atom is 0.327 e. The molecule has 0 fully saturated rings. The van der Waals surface area contributed by atoms with Crippen molar-refractivity contribution in [1.29, 1.82) is 0 Å². The summed E-state index contributed by atoms with van der Waals surface area (Å²) in [6, 6.07) is 2.47. The third-order valence-corrected chi connectivity index (χ3v) is 3.67. The number of hydrogen-bond acceptors (Lipinski definition) is 5. The Hall–Kier alpha value is -1.89. The van der Waals surface area contributed by atoms with Gasteiger partial charge < -0.3 is 14.6 Å². The van der Waals surface area contributed by atoms with Crippen molar-refractivity contribution >= 4 is 30.2 Å². The van der Waals surface area contributed by atoms with Gasteiger partial charge in [0.2, 0.25) is 5.91 Å². The fraction of sp³-hybridized carbons (Fsp3) is 0.429. The number of aliphatic carboxylic acids is 1. The predicted molar refractivity (Wildman–Crippen MR) is 80.6 cm³/mol. The molecule has 0 saturated carbocycles. The summed E-state index contributed by atoms with van der Waals surface area (Å²) in [5.41, 5.74) is 1.32. The van der Waals surface area contributed by atoms with Crippen molar-refractivity contribution in [2.24, 2.45) is 0 Å². The molecule has 1 atom stereocenters. The number of carboxylic acids is 1. The van der Waals surface area contributed by atoms with E-state index in [-0.39, 0.29) is 18.7 Å². The molecule has 114 valence electrons. The number of carbonyl (C=O) groups is 2.